The van der Waals surface area contributed by atoms with Gasteiger partial charge in [-0.3, -0.25) is 0 Å². The number of hydrogen-bond acceptors (Lipinski definition) is 3. The van der Waals surface area contributed by atoms with Crippen molar-refractivity contribution in [2.24, 2.45) is 17.8 Å². The molecule has 0 atom stereocenters. The van der Waals surface area contributed by atoms with Crippen molar-refractivity contribution in [3.8, 4) is 0 Å². The second-order valence-electron chi connectivity index (χ2n) is 7.68. The summed E-state index contributed by atoms with van der Waals surface area (Å²) in [6.45, 7) is 0.0589. The van der Waals surface area contributed by atoms with E-state index in [4.69, 9.17) is 9.40 Å². The van der Waals surface area contributed by atoms with Gasteiger partial charge in [-0.25, -0.2) is 4.98 Å². The zero-order chi connectivity index (χ0) is 14.0. The Balaban J connectivity index is 1.60. The van der Waals surface area contributed by atoms with Crippen molar-refractivity contribution < 1.29 is 9.52 Å². The van der Waals surface area contributed by atoms with Crippen molar-refractivity contribution in [1.82, 2.24) is 4.98 Å². The Morgan fingerprint density at radius 1 is 1.10 bits per heavy atom. The summed E-state index contributed by atoms with van der Waals surface area (Å²) in [5.41, 5.74) is 2.90. The number of nitrogens with zero attached hydrogens (tertiary/aromatic N) is 1. The molecule has 1 N–H and O–H groups in total. The van der Waals surface area contributed by atoms with E-state index in [1.807, 2.05) is 18.2 Å². The van der Waals surface area contributed by atoms with Gasteiger partial charge >= 0.3 is 0 Å². The normalized spacial score (nSPS) is 37.5. The summed E-state index contributed by atoms with van der Waals surface area (Å²) in [4.78, 5) is 4.83. The van der Waals surface area contributed by atoms with Gasteiger partial charge in [0.15, 0.2) is 5.58 Å². The zero-order valence-corrected chi connectivity index (χ0v) is 12.2. The highest BCUT2D eigenvalue weighted by molar-refractivity contribution is 5.73. The molecule has 6 rings (SSSR count). The van der Waals surface area contributed by atoms with E-state index in [-0.39, 0.29) is 12.0 Å². The summed E-state index contributed by atoms with van der Waals surface area (Å²) < 4.78 is 6.17. The highest BCUT2D eigenvalue weighted by Crippen LogP contribution is 2.60. The maximum absolute atomic E-state index is 9.27. The Labute approximate surface area is 124 Å². The van der Waals surface area contributed by atoms with Crippen molar-refractivity contribution in [3.63, 3.8) is 0 Å². The minimum Gasteiger partial charge on any atom is -0.440 e. The van der Waals surface area contributed by atoms with Crippen molar-refractivity contribution in [2.75, 3.05) is 0 Å². The van der Waals surface area contributed by atoms with Crippen molar-refractivity contribution in [1.29, 1.82) is 0 Å². The smallest absolute Gasteiger partial charge is 0.201 e. The Morgan fingerprint density at radius 2 is 1.76 bits per heavy atom. The van der Waals surface area contributed by atoms with Crippen molar-refractivity contribution >= 4 is 11.1 Å². The third kappa shape index (κ3) is 1.73. The Hall–Kier alpha value is -1.35. The predicted octanol–water partition coefficient (Wildman–Crippen LogP) is 3.79. The van der Waals surface area contributed by atoms with Crippen LogP contribution in [0, 0.1) is 17.8 Å². The first-order chi connectivity index (χ1) is 10.2. The minimum absolute atomic E-state index is 0.0589. The summed E-state index contributed by atoms with van der Waals surface area (Å²) in [6, 6.07) is 5.86. The van der Waals surface area contributed by atoms with Gasteiger partial charge in [0.1, 0.15) is 5.52 Å². The standard InChI is InChI=1S/C18H21NO2/c20-10-11-1-2-15-16(6-11)21-17(19-15)18-7-12-3-13(8-18)5-14(4-12)9-18/h1-2,6,12-14,20H,3-5,7-10H2. The molecule has 1 aromatic carbocycles. The molecule has 0 radical (unpaired) electrons. The number of benzene rings is 1. The summed E-state index contributed by atoms with van der Waals surface area (Å²) in [6.07, 6.45) is 8.15. The summed E-state index contributed by atoms with van der Waals surface area (Å²) in [7, 11) is 0. The third-order valence-corrected chi connectivity index (χ3v) is 6.13. The second kappa shape index (κ2) is 4.10. The third-order valence-electron chi connectivity index (χ3n) is 6.13. The van der Waals surface area contributed by atoms with Crippen LogP contribution < -0.4 is 0 Å². The fourth-order valence-corrected chi connectivity index (χ4v) is 5.67. The van der Waals surface area contributed by atoms with E-state index in [0.29, 0.717) is 0 Å². The maximum atomic E-state index is 9.27. The lowest BCUT2D eigenvalue weighted by molar-refractivity contribution is -0.0170. The van der Waals surface area contributed by atoms with E-state index in [1.165, 1.54) is 38.5 Å². The van der Waals surface area contributed by atoms with E-state index < -0.39 is 0 Å². The molecule has 4 bridgehead atoms. The molecule has 4 aliphatic carbocycles. The predicted molar refractivity (Wildman–Crippen MR) is 79.8 cm³/mol. The minimum atomic E-state index is 0.0589. The number of aliphatic hydroxyl groups is 1. The molecule has 4 fully saturated rings. The summed E-state index contributed by atoms with van der Waals surface area (Å²) in [5, 5.41) is 9.27. The Morgan fingerprint density at radius 3 is 2.38 bits per heavy atom. The van der Waals surface area contributed by atoms with Gasteiger partial charge in [-0.15, -0.1) is 0 Å². The molecule has 1 heterocycles. The molecule has 3 nitrogen and oxygen atoms in total. The van der Waals surface area contributed by atoms with Gasteiger partial charge in [0.05, 0.1) is 6.61 Å². The van der Waals surface area contributed by atoms with Crippen molar-refractivity contribution in [2.45, 2.75) is 50.5 Å². The molecule has 0 saturated heterocycles. The average molecular weight is 283 g/mol. The van der Waals surface area contributed by atoms with E-state index in [1.54, 1.807) is 0 Å². The summed E-state index contributed by atoms with van der Waals surface area (Å²) in [5.74, 6) is 3.68. The second-order valence-corrected chi connectivity index (χ2v) is 7.68. The highest BCUT2D eigenvalue weighted by atomic mass is 16.3. The molecule has 2 aromatic rings. The molecule has 1 aromatic heterocycles. The lowest BCUT2D eigenvalue weighted by atomic mass is 9.49. The molecule has 0 amide bonds. The largest absolute Gasteiger partial charge is 0.440 e. The lowest BCUT2D eigenvalue weighted by Crippen LogP contribution is -2.48. The monoisotopic (exact) mass is 283 g/mol. The first kappa shape index (κ1) is 12.2. The Kier molecular flexibility index (Phi) is 2.38. The Bertz CT molecular complexity index is 667. The van der Waals surface area contributed by atoms with Gasteiger partial charge < -0.3 is 9.52 Å². The molecule has 0 spiro atoms. The van der Waals surface area contributed by atoms with Crippen LogP contribution in [0.15, 0.2) is 22.6 Å². The molecule has 110 valence electrons. The molecule has 4 aliphatic rings. The average Bonchev–Trinajstić information content (AvgIpc) is 2.89. The van der Waals surface area contributed by atoms with Gasteiger partial charge in [-0.1, -0.05) is 6.07 Å². The molecular formula is C18H21NO2. The van der Waals surface area contributed by atoms with E-state index >= 15 is 0 Å². The highest BCUT2D eigenvalue weighted by Gasteiger charge is 2.54. The van der Waals surface area contributed by atoms with Crippen molar-refractivity contribution in [3.05, 3.63) is 29.7 Å². The van der Waals surface area contributed by atoms with Crippen LogP contribution in [0.1, 0.15) is 50.0 Å². The first-order valence-electron chi connectivity index (χ1n) is 8.25. The van der Waals surface area contributed by atoms with Gasteiger partial charge in [-0.05, 0) is 74.0 Å². The van der Waals surface area contributed by atoms with Gasteiger partial charge in [0.25, 0.3) is 0 Å². The molecule has 4 saturated carbocycles. The van der Waals surface area contributed by atoms with Crippen LogP contribution in [-0.2, 0) is 12.0 Å². The number of oxazole rings is 1. The zero-order valence-electron chi connectivity index (χ0n) is 12.2. The molecule has 3 heteroatoms. The summed E-state index contributed by atoms with van der Waals surface area (Å²) >= 11 is 0. The lowest BCUT2D eigenvalue weighted by Gasteiger charge is -2.55. The van der Waals surface area contributed by atoms with Crippen LogP contribution in [0.5, 0.6) is 0 Å². The fraction of sp³-hybridized carbons (Fsp3) is 0.611. The van der Waals surface area contributed by atoms with E-state index in [2.05, 4.69) is 0 Å². The number of fused-ring (bicyclic) bond motifs is 1. The van der Waals surface area contributed by atoms with Crippen LogP contribution in [-0.4, -0.2) is 10.1 Å². The number of rotatable bonds is 2. The molecule has 0 unspecified atom stereocenters. The molecule has 21 heavy (non-hydrogen) atoms. The number of hydrogen-bond donors (Lipinski definition) is 1. The number of aromatic nitrogens is 1. The van der Waals surface area contributed by atoms with Gasteiger partial charge in [0.2, 0.25) is 5.89 Å². The number of aliphatic hydroxyl groups excluding tert-OH is 1. The van der Waals surface area contributed by atoms with Crippen LogP contribution in [0.25, 0.3) is 11.1 Å². The van der Waals surface area contributed by atoms with Crippen LogP contribution >= 0.6 is 0 Å². The van der Waals surface area contributed by atoms with Crippen LogP contribution in [0.4, 0.5) is 0 Å². The van der Waals surface area contributed by atoms with E-state index in [0.717, 1.165) is 40.3 Å². The first-order valence-corrected chi connectivity index (χ1v) is 8.25. The molecular weight excluding hydrogens is 262 g/mol. The van der Waals surface area contributed by atoms with Gasteiger partial charge in [0, 0.05) is 5.41 Å². The molecule has 0 aliphatic heterocycles. The topological polar surface area (TPSA) is 46.3 Å². The maximum Gasteiger partial charge on any atom is 0.201 e. The quantitative estimate of drug-likeness (QED) is 0.912. The van der Waals surface area contributed by atoms with Crippen LogP contribution in [0.3, 0.4) is 0 Å². The SMILES string of the molecule is OCc1ccc2nc(C34CC5CC(CC(C5)C3)C4)oc2c1. The van der Waals surface area contributed by atoms with E-state index in [9.17, 15) is 5.11 Å². The fourth-order valence-electron chi connectivity index (χ4n) is 5.67. The van der Waals surface area contributed by atoms with Gasteiger partial charge in [-0.2, -0.15) is 0 Å². The van der Waals surface area contributed by atoms with Crippen LogP contribution in [0.2, 0.25) is 0 Å².